The van der Waals surface area contributed by atoms with E-state index in [0.717, 1.165) is 63.7 Å². The Kier molecular flexibility index (Phi) is 47.2. The smallest absolute Gasteiger partial charge is 0.306 e. The fraction of sp³-hybridized carbons (Fsp3) is 0.944. The minimum atomic E-state index is -0.760. The van der Waals surface area contributed by atoms with Crippen molar-refractivity contribution in [2.45, 2.75) is 310 Å². The summed E-state index contributed by atoms with van der Waals surface area (Å²) in [6.45, 7) is 9.03. The lowest BCUT2D eigenvalue weighted by atomic mass is 10.0. The van der Waals surface area contributed by atoms with Crippen LogP contribution in [0.25, 0.3) is 0 Å². The summed E-state index contributed by atoms with van der Waals surface area (Å²) in [4.78, 5) is 38.0. The van der Waals surface area contributed by atoms with Crippen LogP contribution in [0.4, 0.5) is 0 Å². The molecule has 60 heavy (non-hydrogen) atoms. The SMILES string of the molecule is CCCCCCCCCCCCCCCCCCC(=O)OC[C@@H](COC(=O)CCCCCCCCCCCCC)OC(=O)CCCCCCCCCCCCCCC(C)C. The maximum atomic E-state index is 12.8. The van der Waals surface area contributed by atoms with Crippen LogP contribution in [0.3, 0.4) is 0 Å². The lowest BCUT2D eigenvalue weighted by molar-refractivity contribution is -0.167. The van der Waals surface area contributed by atoms with Crippen LogP contribution >= 0.6 is 0 Å². The van der Waals surface area contributed by atoms with Crippen molar-refractivity contribution in [1.82, 2.24) is 0 Å². The van der Waals surface area contributed by atoms with Crippen molar-refractivity contribution in [3.05, 3.63) is 0 Å². The molecule has 0 radical (unpaired) electrons. The molecule has 1 atom stereocenters. The zero-order chi connectivity index (χ0) is 43.8. The van der Waals surface area contributed by atoms with E-state index in [-0.39, 0.29) is 31.1 Å². The molecule has 6 heteroatoms. The zero-order valence-electron chi connectivity index (χ0n) is 40.9. The van der Waals surface area contributed by atoms with Gasteiger partial charge in [-0.2, -0.15) is 0 Å². The number of rotatable bonds is 49. The maximum Gasteiger partial charge on any atom is 0.306 e. The predicted molar refractivity (Wildman–Crippen MR) is 257 cm³/mol. The Morgan fingerprint density at radius 1 is 0.317 bits per heavy atom. The van der Waals surface area contributed by atoms with E-state index in [1.165, 1.54) is 199 Å². The molecule has 0 aliphatic rings. The third-order valence-electron chi connectivity index (χ3n) is 12.3. The van der Waals surface area contributed by atoms with Crippen LogP contribution in [-0.2, 0) is 28.6 Å². The highest BCUT2D eigenvalue weighted by Gasteiger charge is 2.19. The highest BCUT2D eigenvalue weighted by Crippen LogP contribution is 2.17. The molecule has 0 fully saturated rings. The van der Waals surface area contributed by atoms with Gasteiger partial charge in [-0.3, -0.25) is 14.4 Å². The van der Waals surface area contributed by atoms with E-state index in [9.17, 15) is 14.4 Å². The maximum absolute atomic E-state index is 12.8. The van der Waals surface area contributed by atoms with Crippen molar-refractivity contribution in [2.24, 2.45) is 5.92 Å². The molecule has 0 bridgehead atoms. The summed E-state index contributed by atoms with van der Waals surface area (Å²) in [6, 6.07) is 0. The minimum Gasteiger partial charge on any atom is -0.462 e. The molecule has 6 nitrogen and oxygen atoms in total. The van der Waals surface area contributed by atoms with Crippen LogP contribution in [0, 0.1) is 5.92 Å². The average molecular weight is 849 g/mol. The number of esters is 3. The van der Waals surface area contributed by atoms with Crippen molar-refractivity contribution in [3.8, 4) is 0 Å². The van der Waals surface area contributed by atoms with E-state index in [2.05, 4.69) is 27.7 Å². The number of unbranched alkanes of at least 4 members (excludes halogenated alkanes) is 36. The summed E-state index contributed by atoms with van der Waals surface area (Å²) in [5.74, 6) is -0.00969. The predicted octanol–water partition coefficient (Wildman–Crippen LogP) is 17.5. The number of carbonyl (C=O) groups excluding carboxylic acids is 3. The fourth-order valence-electron chi connectivity index (χ4n) is 8.22. The van der Waals surface area contributed by atoms with Gasteiger partial charge in [0.1, 0.15) is 13.2 Å². The number of hydrogen-bond acceptors (Lipinski definition) is 6. The summed E-state index contributed by atoms with van der Waals surface area (Å²) < 4.78 is 16.8. The van der Waals surface area contributed by atoms with Gasteiger partial charge in [-0.15, -0.1) is 0 Å². The minimum absolute atomic E-state index is 0.0624. The van der Waals surface area contributed by atoms with Crippen molar-refractivity contribution in [1.29, 1.82) is 0 Å². The van der Waals surface area contributed by atoms with Crippen molar-refractivity contribution >= 4 is 17.9 Å². The molecule has 0 aromatic carbocycles. The van der Waals surface area contributed by atoms with Gasteiger partial charge in [0.2, 0.25) is 0 Å². The molecule has 0 aromatic heterocycles. The molecule has 0 heterocycles. The first-order valence-electron chi connectivity index (χ1n) is 26.9. The molecule has 0 amide bonds. The van der Waals surface area contributed by atoms with Crippen LogP contribution in [0.5, 0.6) is 0 Å². The molecular weight excluding hydrogens is 745 g/mol. The Bertz CT molecular complexity index is 903. The third kappa shape index (κ3) is 47.5. The van der Waals surface area contributed by atoms with Gasteiger partial charge in [0.25, 0.3) is 0 Å². The third-order valence-corrected chi connectivity index (χ3v) is 12.3. The topological polar surface area (TPSA) is 78.9 Å². The van der Waals surface area contributed by atoms with Gasteiger partial charge in [0, 0.05) is 19.3 Å². The Labute approximate surface area is 374 Å². The van der Waals surface area contributed by atoms with Gasteiger partial charge in [0.05, 0.1) is 0 Å². The summed E-state index contributed by atoms with van der Waals surface area (Å²) in [6.07, 6.45) is 50.8. The van der Waals surface area contributed by atoms with E-state index in [1.807, 2.05) is 0 Å². The zero-order valence-corrected chi connectivity index (χ0v) is 40.9. The molecule has 0 saturated heterocycles. The molecule has 356 valence electrons. The van der Waals surface area contributed by atoms with Gasteiger partial charge < -0.3 is 14.2 Å². The second-order valence-corrected chi connectivity index (χ2v) is 19.0. The van der Waals surface area contributed by atoms with Crippen molar-refractivity contribution < 1.29 is 28.6 Å². The molecule has 0 aromatic rings. The number of carbonyl (C=O) groups is 3. The standard InChI is InChI=1S/C54H104O6/c1-5-7-9-11-13-15-17-18-19-20-21-26-30-34-38-42-46-53(56)59-49-51(48-58-52(55)45-41-37-33-29-24-16-14-12-10-8-6-2)60-54(57)47-43-39-35-31-27-23-22-25-28-32-36-40-44-50(3)4/h50-51H,5-49H2,1-4H3/t51-/m1/s1. The number of ether oxygens (including phenoxy) is 3. The summed E-state index contributed by atoms with van der Waals surface area (Å²) in [5, 5.41) is 0. The van der Waals surface area contributed by atoms with E-state index in [1.54, 1.807) is 0 Å². The Balaban J connectivity index is 4.29. The van der Waals surface area contributed by atoms with Gasteiger partial charge in [-0.25, -0.2) is 0 Å². The average Bonchev–Trinajstić information content (AvgIpc) is 3.23. The first kappa shape index (κ1) is 58.4. The monoisotopic (exact) mass is 849 g/mol. The van der Waals surface area contributed by atoms with Gasteiger partial charge in [-0.05, 0) is 25.2 Å². The van der Waals surface area contributed by atoms with E-state index in [0.29, 0.717) is 19.3 Å². The Morgan fingerprint density at radius 3 is 0.817 bits per heavy atom. The van der Waals surface area contributed by atoms with Crippen LogP contribution < -0.4 is 0 Å². The van der Waals surface area contributed by atoms with Crippen molar-refractivity contribution in [3.63, 3.8) is 0 Å². The van der Waals surface area contributed by atoms with Gasteiger partial charge >= 0.3 is 17.9 Å². The summed E-state index contributed by atoms with van der Waals surface area (Å²) in [5.41, 5.74) is 0. The molecule has 0 spiro atoms. The van der Waals surface area contributed by atoms with E-state index in [4.69, 9.17) is 14.2 Å². The molecule has 0 unspecified atom stereocenters. The van der Waals surface area contributed by atoms with Crippen LogP contribution in [0.15, 0.2) is 0 Å². The van der Waals surface area contributed by atoms with Gasteiger partial charge in [0.15, 0.2) is 6.10 Å². The van der Waals surface area contributed by atoms with Crippen LogP contribution in [0.1, 0.15) is 304 Å². The molecular formula is C54H104O6. The Morgan fingerprint density at radius 2 is 0.550 bits per heavy atom. The number of hydrogen-bond donors (Lipinski definition) is 0. The summed E-state index contributed by atoms with van der Waals surface area (Å²) >= 11 is 0. The molecule has 0 saturated carbocycles. The first-order chi connectivity index (χ1) is 29.4. The Hall–Kier alpha value is -1.59. The molecule has 0 N–H and O–H groups in total. The van der Waals surface area contributed by atoms with E-state index >= 15 is 0 Å². The second kappa shape index (κ2) is 48.4. The first-order valence-corrected chi connectivity index (χ1v) is 26.9. The largest absolute Gasteiger partial charge is 0.462 e. The van der Waals surface area contributed by atoms with Crippen molar-refractivity contribution in [2.75, 3.05) is 13.2 Å². The van der Waals surface area contributed by atoms with E-state index < -0.39 is 6.10 Å². The molecule has 0 aliphatic carbocycles. The second-order valence-electron chi connectivity index (χ2n) is 19.0. The lowest BCUT2D eigenvalue weighted by Crippen LogP contribution is -2.30. The fourth-order valence-corrected chi connectivity index (χ4v) is 8.22. The molecule has 0 rings (SSSR count). The normalized spacial score (nSPS) is 11.9. The highest BCUT2D eigenvalue weighted by atomic mass is 16.6. The van der Waals surface area contributed by atoms with Crippen LogP contribution in [-0.4, -0.2) is 37.2 Å². The van der Waals surface area contributed by atoms with Crippen LogP contribution in [0.2, 0.25) is 0 Å². The quantitative estimate of drug-likeness (QED) is 0.0345. The van der Waals surface area contributed by atoms with Gasteiger partial charge in [-0.1, -0.05) is 265 Å². The lowest BCUT2D eigenvalue weighted by Gasteiger charge is -2.18. The summed E-state index contributed by atoms with van der Waals surface area (Å²) in [7, 11) is 0. The molecule has 0 aliphatic heterocycles. The highest BCUT2D eigenvalue weighted by molar-refractivity contribution is 5.71.